The monoisotopic (exact) mass is 297 g/mol. The van der Waals surface area contributed by atoms with Crippen LogP contribution in [0.2, 0.25) is 0 Å². The van der Waals surface area contributed by atoms with Crippen LogP contribution in [-0.2, 0) is 0 Å². The number of carbonyl (C=O) groups excluding carboxylic acids is 1. The Morgan fingerprint density at radius 3 is 2.36 bits per heavy atom. The Morgan fingerprint density at radius 1 is 1.09 bits per heavy atom. The second-order valence-corrected chi connectivity index (χ2v) is 5.89. The minimum Gasteiger partial charge on any atom is -0.508 e. The molecule has 1 amide bonds. The molecule has 1 aliphatic rings. The van der Waals surface area contributed by atoms with Gasteiger partial charge in [-0.25, -0.2) is 0 Å². The van der Waals surface area contributed by atoms with Gasteiger partial charge in [0.15, 0.2) is 0 Å². The van der Waals surface area contributed by atoms with Gasteiger partial charge >= 0.3 is 0 Å². The molecule has 1 heterocycles. The van der Waals surface area contributed by atoms with Gasteiger partial charge in [0.2, 0.25) is 0 Å². The predicted octanol–water partition coefficient (Wildman–Crippen LogP) is 3.12. The number of rotatable bonds is 2. The van der Waals surface area contributed by atoms with Gasteiger partial charge in [0.25, 0.3) is 5.91 Å². The first-order chi connectivity index (χ1) is 10.5. The molecule has 0 saturated carbocycles. The van der Waals surface area contributed by atoms with E-state index in [1.807, 2.05) is 30.0 Å². The summed E-state index contributed by atoms with van der Waals surface area (Å²) in [5.74, 6) is -0.0344. The minimum atomic E-state index is -0.155. The van der Waals surface area contributed by atoms with Gasteiger partial charge in [0.1, 0.15) is 11.5 Å². The minimum absolute atomic E-state index is 0.102. The van der Waals surface area contributed by atoms with E-state index in [1.54, 1.807) is 0 Å². The highest BCUT2D eigenvalue weighted by atomic mass is 16.3. The molecule has 1 fully saturated rings. The van der Waals surface area contributed by atoms with Crippen LogP contribution in [0.15, 0.2) is 48.5 Å². The lowest BCUT2D eigenvalue weighted by Gasteiger charge is -2.21. The van der Waals surface area contributed by atoms with Gasteiger partial charge in [-0.3, -0.25) is 4.79 Å². The number of likely N-dealkylation sites (tertiary alicyclic amines) is 1. The van der Waals surface area contributed by atoms with Gasteiger partial charge in [0.05, 0.1) is 0 Å². The maximum atomic E-state index is 12.6. The van der Waals surface area contributed by atoms with E-state index >= 15 is 0 Å². The van der Waals surface area contributed by atoms with Crippen molar-refractivity contribution in [1.82, 2.24) is 4.90 Å². The average Bonchev–Trinajstić information content (AvgIpc) is 2.88. The molecule has 2 aromatic carbocycles. The molecule has 2 aromatic rings. The Labute approximate surface area is 129 Å². The largest absolute Gasteiger partial charge is 0.508 e. The summed E-state index contributed by atoms with van der Waals surface area (Å²) in [6, 6.07) is 14.3. The van der Waals surface area contributed by atoms with Gasteiger partial charge in [-0.05, 0) is 31.0 Å². The highest BCUT2D eigenvalue weighted by Crippen LogP contribution is 2.33. The molecule has 0 bridgehead atoms. The average molecular weight is 297 g/mol. The van der Waals surface area contributed by atoms with E-state index in [1.165, 1.54) is 23.8 Å². The SMILES string of the molecule is C[C@H]1C[C@H](c2ccccc2)CN1C(=O)c1cc(O)cc(O)c1. The Balaban J connectivity index is 1.81. The van der Waals surface area contributed by atoms with Crippen LogP contribution >= 0.6 is 0 Å². The van der Waals surface area contributed by atoms with E-state index in [2.05, 4.69) is 12.1 Å². The predicted molar refractivity (Wildman–Crippen MR) is 84.1 cm³/mol. The molecule has 4 nitrogen and oxygen atoms in total. The van der Waals surface area contributed by atoms with Crippen molar-refractivity contribution < 1.29 is 15.0 Å². The van der Waals surface area contributed by atoms with E-state index in [0.717, 1.165) is 6.42 Å². The van der Waals surface area contributed by atoms with Crippen molar-refractivity contribution in [3.8, 4) is 11.5 Å². The van der Waals surface area contributed by atoms with E-state index < -0.39 is 0 Å². The molecular weight excluding hydrogens is 278 g/mol. The summed E-state index contributed by atoms with van der Waals surface area (Å²) in [5, 5.41) is 19.1. The molecule has 22 heavy (non-hydrogen) atoms. The number of hydrogen-bond acceptors (Lipinski definition) is 3. The van der Waals surface area contributed by atoms with Crippen molar-refractivity contribution in [3.05, 3.63) is 59.7 Å². The Bertz CT molecular complexity index is 664. The zero-order valence-corrected chi connectivity index (χ0v) is 12.4. The molecule has 0 aromatic heterocycles. The summed E-state index contributed by atoms with van der Waals surface area (Å²) in [4.78, 5) is 14.5. The third-order valence-electron chi connectivity index (χ3n) is 4.26. The third kappa shape index (κ3) is 2.77. The van der Waals surface area contributed by atoms with Crippen LogP contribution in [0.3, 0.4) is 0 Å². The molecule has 2 atom stereocenters. The Morgan fingerprint density at radius 2 is 1.73 bits per heavy atom. The number of hydrogen-bond donors (Lipinski definition) is 2. The smallest absolute Gasteiger partial charge is 0.254 e. The lowest BCUT2D eigenvalue weighted by atomic mass is 9.97. The molecule has 0 aliphatic carbocycles. The second-order valence-electron chi connectivity index (χ2n) is 5.89. The number of carbonyl (C=O) groups is 1. The van der Waals surface area contributed by atoms with Gasteiger partial charge in [-0.1, -0.05) is 30.3 Å². The molecule has 0 radical (unpaired) electrons. The number of benzene rings is 2. The maximum absolute atomic E-state index is 12.6. The number of nitrogens with zero attached hydrogens (tertiary/aromatic N) is 1. The lowest BCUT2D eigenvalue weighted by molar-refractivity contribution is 0.0745. The van der Waals surface area contributed by atoms with Crippen molar-refractivity contribution >= 4 is 5.91 Å². The second kappa shape index (κ2) is 5.72. The van der Waals surface area contributed by atoms with Crippen molar-refractivity contribution in [2.24, 2.45) is 0 Å². The zero-order valence-electron chi connectivity index (χ0n) is 12.4. The standard InChI is InChI=1S/C18H19NO3/c1-12-7-15(13-5-3-2-4-6-13)11-19(12)18(22)14-8-16(20)10-17(21)9-14/h2-6,8-10,12,15,20-21H,7,11H2,1H3/t12-,15-/m0/s1. The highest BCUT2D eigenvalue weighted by Gasteiger charge is 2.33. The van der Waals surface area contributed by atoms with Gasteiger partial charge in [0, 0.05) is 30.1 Å². The molecule has 1 saturated heterocycles. The fourth-order valence-corrected chi connectivity index (χ4v) is 3.17. The summed E-state index contributed by atoms with van der Waals surface area (Å²) in [7, 11) is 0. The fraction of sp³-hybridized carbons (Fsp3) is 0.278. The zero-order chi connectivity index (χ0) is 15.7. The topological polar surface area (TPSA) is 60.8 Å². The molecule has 3 rings (SSSR count). The molecule has 0 spiro atoms. The highest BCUT2D eigenvalue weighted by molar-refractivity contribution is 5.95. The summed E-state index contributed by atoms with van der Waals surface area (Å²) in [5.41, 5.74) is 1.56. The van der Waals surface area contributed by atoms with Crippen molar-refractivity contribution in [2.75, 3.05) is 6.54 Å². The van der Waals surface area contributed by atoms with Crippen LogP contribution in [0, 0.1) is 0 Å². The van der Waals surface area contributed by atoms with E-state index in [9.17, 15) is 15.0 Å². The first kappa shape index (κ1) is 14.4. The van der Waals surface area contributed by atoms with Gasteiger partial charge < -0.3 is 15.1 Å². The fourth-order valence-electron chi connectivity index (χ4n) is 3.17. The van der Waals surface area contributed by atoms with Crippen molar-refractivity contribution in [2.45, 2.75) is 25.3 Å². The maximum Gasteiger partial charge on any atom is 0.254 e. The Kier molecular flexibility index (Phi) is 3.75. The van der Waals surface area contributed by atoms with Gasteiger partial charge in [-0.2, -0.15) is 0 Å². The summed E-state index contributed by atoms with van der Waals surface area (Å²) in [6.45, 7) is 2.68. The van der Waals surface area contributed by atoms with Crippen LogP contribution in [0.5, 0.6) is 11.5 Å². The van der Waals surface area contributed by atoms with Crippen LogP contribution in [0.4, 0.5) is 0 Å². The lowest BCUT2D eigenvalue weighted by Crippen LogP contribution is -2.33. The van der Waals surface area contributed by atoms with E-state index in [0.29, 0.717) is 18.0 Å². The third-order valence-corrected chi connectivity index (χ3v) is 4.26. The van der Waals surface area contributed by atoms with E-state index in [4.69, 9.17) is 0 Å². The first-order valence-corrected chi connectivity index (χ1v) is 7.43. The first-order valence-electron chi connectivity index (χ1n) is 7.43. The molecular formula is C18H19NO3. The normalized spacial score (nSPS) is 21.0. The molecule has 114 valence electrons. The van der Waals surface area contributed by atoms with Gasteiger partial charge in [-0.15, -0.1) is 0 Å². The van der Waals surface area contributed by atoms with Crippen LogP contribution in [0.25, 0.3) is 0 Å². The molecule has 0 unspecified atom stereocenters. The summed E-state index contributed by atoms with van der Waals surface area (Å²) < 4.78 is 0. The number of phenolic OH excluding ortho intramolecular Hbond substituents is 2. The van der Waals surface area contributed by atoms with E-state index in [-0.39, 0.29) is 23.4 Å². The van der Waals surface area contributed by atoms with Crippen molar-refractivity contribution in [1.29, 1.82) is 0 Å². The van der Waals surface area contributed by atoms with Crippen LogP contribution in [-0.4, -0.2) is 33.6 Å². The summed E-state index contributed by atoms with van der Waals surface area (Å²) >= 11 is 0. The number of phenols is 2. The van der Waals surface area contributed by atoms with Crippen LogP contribution < -0.4 is 0 Å². The molecule has 2 N–H and O–H groups in total. The molecule has 1 aliphatic heterocycles. The Hall–Kier alpha value is -2.49. The quantitative estimate of drug-likeness (QED) is 0.895. The van der Waals surface area contributed by atoms with Crippen molar-refractivity contribution in [3.63, 3.8) is 0 Å². The molecule has 4 heteroatoms. The summed E-state index contributed by atoms with van der Waals surface area (Å²) in [6.07, 6.45) is 0.917. The number of amides is 1. The van der Waals surface area contributed by atoms with Crippen LogP contribution in [0.1, 0.15) is 35.2 Å². The number of aromatic hydroxyl groups is 2.